The molecule has 0 bridgehead atoms. The average molecular weight is 981 g/mol. The number of halogens is 2. The molecule has 4 nitrogen and oxygen atoms in total. The highest BCUT2D eigenvalue weighted by molar-refractivity contribution is 9.10. The lowest BCUT2D eigenvalue weighted by molar-refractivity contribution is 0.523. The SMILES string of the molecule is C[C@H](c1cccc(Br)c1)[C@H](NP(=O)(c1ccccc1)c1ccccc1)c1ccccc1.C[C@H](c1cccc(Br)c1)[C@H](NP(=O)(c1ccccc1)c1ccccc1)c1ccccc1. The molecule has 0 radical (unpaired) electrons. The van der Waals surface area contributed by atoms with Crippen LogP contribution >= 0.6 is 46.4 Å². The fourth-order valence-corrected chi connectivity index (χ4v) is 13.7. The average Bonchev–Trinajstić information content (AvgIpc) is 3.34. The Balaban J connectivity index is 0.000000186. The molecule has 0 aromatic heterocycles. The summed E-state index contributed by atoms with van der Waals surface area (Å²) in [6.07, 6.45) is 0. The standard InChI is InChI=1S/2C27H25BrNOP/c2*1-21(23-14-11-15-24(28)20-23)27(22-12-5-2-6-13-22)29-31(30,25-16-7-3-8-17-25)26-18-9-4-10-19-26/h2*2-21,27H,1H3,(H,29,30)/t2*21-,27+/m11/s1. The van der Waals surface area contributed by atoms with Crippen molar-refractivity contribution in [3.05, 3.63) is 262 Å². The molecule has 0 amide bonds. The van der Waals surface area contributed by atoms with Crippen LogP contribution in [0, 0.1) is 0 Å². The van der Waals surface area contributed by atoms with Crippen LogP contribution in [0.2, 0.25) is 0 Å². The lowest BCUT2D eigenvalue weighted by Crippen LogP contribution is -2.33. The van der Waals surface area contributed by atoms with Crippen molar-refractivity contribution in [1.82, 2.24) is 10.2 Å². The molecule has 0 unspecified atom stereocenters. The molecule has 312 valence electrons. The summed E-state index contributed by atoms with van der Waals surface area (Å²) in [5, 5.41) is 10.5. The van der Waals surface area contributed by atoms with Crippen LogP contribution in [-0.2, 0) is 9.13 Å². The highest BCUT2D eigenvalue weighted by Crippen LogP contribution is 2.47. The maximum atomic E-state index is 14.7. The van der Waals surface area contributed by atoms with Gasteiger partial charge in [0.2, 0.25) is 14.6 Å². The molecule has 0 aliphatic heterocycles. The Morgan fingerprint density at radius 2 is 0.581 bits per heavy atom. The molecule has 0 saturated carbocycles. The molecule has 8 rings (SSSR count). The van der Waals surface area contributed by atoms with Gasteiger partial charge in [-0.2, -0.15) is 0 Å². The molecule has 8 heteroatoms. The van der Waals surface area contributed by atoms with E-state index in [1.54, 1.807) is 0 Å². The van der Waals surface area contributed by atoms with Gasteiger partial charge < -0.3 is 0 Å². The van der Waals surface area contributed by atoms with Crippen molar-refractivity contribution in [1.29, 1.82) is 0 Å². The first kappa shape index (κ1) is 45.1. The molecular formula is C54H50Br2N2O2P2. The molecule has 0 aliphatic rings. The fourth-order valence-electron chi connectivity index (χ4n) is 7.78. The topological polar surface area (TPSA) is 58.2 Å². The predicted octanol–water partition coefficient (Wildman–Crippen LogP) is 13.6. The van der Waals surface area contributed by atoms with E-state index in [0.29, 0.717) is 0 Å². The molecule has 8 aromatic rings. The highest BCUT2D eigenvalue weighted by Gasteiger charge is 2.35. The van der Waals surface area contributed by atoms with Crippen LogP contribution in [-0.4, -0.2) is 0 Å². The Morgan fingerprint density at radius 3 is 0.839 bits per heavy atom. The van der Waals surface area contributed by atoms with E-state index in [-0.39, 0.29) is 23.9 Å². The fraction of sp³-hybridized carbons (Fsp3) is 0.111. The zero-order valence-corrected chi connectivity index (χ0v) is 39.7. The number of hydrogen-bond donors (Lipinski definition) is 2. The summed E-state index contributed by atoms with van der Waals surface area (Å²) in [6.45, 7) is 4.37. The molecule has 0 aliphatic carbocycles. The second kappa shape index (κ2) is 21.5. The van der Waals surface area contributed by atoms with Gasteiger partial charge in [0.25, 0.3) is 0 Å². The van der Waals surface area contributed by atoms with Gasteiger partial charge in [-0.05, 0) is 95.1 Å². The number of hydrogen-bond acceptors (Lipinski definition) is 2. The molecule has 0 spiro atoms. The van der Waals surface area contributed by atoms with E-state index in [2.05, 4.69) is 104 Å². The molecule has 8 aromatic carbocycles. The second-order valence-electron chi connectivity index (χ2n) is 15.3. The zero-order chi connectivity index (χ0) is 43.4. The first-order valence-electron chi connectivity index (χ1n) is 20.7. The maximum Gasteiger partial charge on any atom is 0.205 e. The van der Waals surface area contributed by atoms with Crippen molar-refractivity contribution < 1.29 is 9.13 Å². The number of benzene rings is 8. The summed E-state index contributed by atoms with van der Waals surface area (Å²) < 4.78 is 31.4. The molecular weight excluding hydrogens is 930 g/mol. The van der Waals surface area contributed by atoms with Crippen LogP contribution in [0.5, 0.6) is 0 Å². The van der Waals surface area contributed by atoms with Crippen molar-refractivity contribution in [2.24, 2.45) is 0 Å². The van der Waals surface area contributed by atoms with Gasteiger partial charge in [-0.25, -0.2) is 0 Å². The van der Waals surface area contributed by atoms with Crippen molar-refractivity contribution in [3.63, 3.8) is 0 Å². The Morgan fingerprint density at radius 1 is 0.339 bits per heavy atom. The summed E-state index contributed by atoms with van der Waals surface area (Å²) in [5.41, 5.74) is 4.59. The Labute approximate surface area is 384 Å². The summed E-state index contributed by atoms with van der Waals surface area (Å²) in [6, 6.07) is 76.0. The van der Waals surface area contributed by atoms with Gasteiger partial charge in [0.15, 0.2) is 0 Å². The van der Waals surface area contributed by atoms with Crippen molar-refractivity contribution in [3.8, 4) is 0 Å². The minimum atomic E-state index is -3.09. The lowest BCUT2D eigenvalue weighted by atomic mass is 9.89. The van der Waals surface area contributed by atoms with Gasteiger partial charge in [-0.15, -0.1) is 0 Å². The van der Waals surface area contributed by atoms with E-state index < -0.39 is 14.6 Å². The van der Waals surface area contributed by atoms with Crippen LogP contribution in [0.25, 0.3) is 0 Å². The van der Waals surface area contributed by atoms with E-state index in [1.807, 2.05) is 182 Å². The van der Waals surface area contributed by atoms with Crippen LogP contribution in [0.4, 0.5) is 0 Å². The Hall–Kier alpha value is -4.90. The number of nitrogens with one attached hydrogen (secondary N) is 2. The van der Waals surface area contributed by atoms with Crippen LogP contribution in [0.15, 0.2) is 239 Å². The van der Waals surface area contributed by atoms with E-state index in [4.69, 9.17) is 0 Å². The molecule has 2 N–H and O–H groups in total. The lowest BCUT2D eigenvalue weighted by Gasteiger charge is -2.31. The van der Waals surface area contributed by atoms with Crippen LogP contribution < -0.4 is 31.4 Å². The van der Waals surface area contributed by atoms with Gasteiger partial charge in [-0.3, -0.25) is 19.3 Å². The van der Waals surface area contributed by atoms with Crippen molar-refractivity contribution >= 4 is 67.7 Å². The van der Waals surface area contributed by atoms with E-state index in [0.717, 1.165) is 41.3 Å². The van der Waals surface area contributed by atoms with Crippen molar-refractivity contribution in [2.45, 2.75) is 37.8 Å². The van der Waals surface area contributed by atoms with Gasteiger partial charge in [0, 0.05) is 54.1 Å². The van der Waals surface area contributed by atoms with Gasteiger partial charge in [-0.1, -0.05) is 203 Å². The highest BCUT2D eigenvalue weighted by atomic mass is 79.9. The van der Waals surface area contributed by atoms with E-state index in [9.17, 15) is 9.13 Å². The van der Waals surface area contributed by atoms with E-state index in [1.165, 1.54) is 11.1 Å². The van der Waals surface area contributed by atoms with Crippen LogP contribution in [0.1, 0.15) is 60.0 Å². The van der Waals surface area contributed by atoms with Gasteiger partial charge in [0.1, 0.15) is 0 Å². The first-order chi connectivity index (χ1) is 30.2. The zero-order valence-electron chi connectivity index (χ0n) is 34.7. The normalized spacial score (nSPS) is 13.5. The summed E-state index contributed by atoms with van der Waals surface area (Å²) in [7, 11) is -6.19. The molecule has 62 heavy (non-hydrogen) atoms. The maximum absolute atomic E-state index is 14.7. The first-order valence-corrected chi connectivity index (χ1v) is 25.7. The quantitative estimate of drug-likeness (QED) is 0.107. The largest absolute Gasteiger partial charge is 0.297 e. The molecule has 0 fully saturated rings. The van der Waals surface area contributed by atoms with Crippen LogP contribution in [0.3, 0.4) is 0 Å². The third-order valence-electron chi connectivity index (χ3n) is 11.2. The third kappa shape index (κ3) is 11.0. The summed E-state index contributed by atoms with van der Waals surface area (Å²) in [5.74, 6) is 0.196. The molecule has 0 saturated heterocycles. The Bertz CT molecular complexity index is 2430. The number of rotatable bonds is 14. The third-order valence-corrected chi connectivity index (χ3v) is 17.6. The summed E-state index contributed by atoms with van der Waals surface area (Å²) >= 11 is 7.19. The monoisotopic (exact) mass is 978 g/mol. The summed E-state index contributed by atoms with van der Waals surface area (Å²) in [4.78, 5) is 0. The Kier molecular flexibility index (Phi) is 15.6. The molecule has 0 heterocycles. The minimum absolute atomic E-state index is 0.0978. The van der Waals surface area contributed by atoms with Gasteiger partial charge >= 0.3 is 0 Å². The molecule has 4 atom stereocenters. The smallest absolute Gasteiger partial charge is 0.205 e. The second-order valence-corrected chi connectivity index (χ2v) is 22.1. The predicted molar refractivity (Wildman–Crippen MR) is 269 cm³/mol. The van der Waals surface area contributed by atoms with E-state index >= 15 is 0 Å². The van der Waals surface area contributed by atoms with Gasteiger partial charge in [0.05, 0.1) is 0 Å². The minimum Gasteiger partial charge on any atom is -0.297 e. The van der Waals surface area contributed by atoms with Crippen molar-refractivity contribution in [2.75, 3.05) is 0 Å².